The van der Waals surface area contributed by atoms with Crippen LogP contribution in [0.5, 0.6) is 0 Å². The maximum absolute atomic E-state index is 6.97. The van der Waals surface area contributed by atoms with E-state index in [4.69, 9.17) is 47.4 Å². The van der Waals surface area contributed by atoms with Crippen molar-refractivity contribution in [3.8, 4) is 0 Å². The predicted molar refractivity (Wildman–Crippen MR) is 182 cm³/mol. The second-order valence-corrected chi connectivity index (χ2v) is 14.5. The topological polar surface area (TPSA) is 92.3 Å². The van der Waals surface area contributed by atoms with E-state index in [-0.39, 0.29) is 18.6 Å². The Kier molecular flexibility index (Phi) is 11.0. The van der Waals surface area contributed by atoms with Crippen LogP contribution in [0.15, 0.2) is 91.0 Å². The highest BCUT2D eigenvalue weighted by Crippen LogP contribution is 2.44. The lowest BCUT2D eigenvalue weighted by Crippen LogP contribution is -2.59. The lowest BCUT2D eigenvalue weighted by molar-refractivity contribution is -0.324. The molecule has 7 rings (SSSR count). The van der Waals surface area contributed by atoms with Gasteiger partial charge in [-0.1, -0.05) is 97.9 Å². The van der Waals surface area contributed by atoms with Gasteiger partial charge in [-0.15, -0.1) is 0 Å². The van der Waals surface area contributed by atoms with Gasteiger partial charge in [-0.2, -0.15) is 0 Å². The van der Waals surface area contributed by atoms with Crippen molar-refractivity contribution in [2.24, 2.45) is 5.92 Å². The van der Waals surface area contributed by atoms with Crippen molar-refractivity contribution in [3.63, 3.8) is 0 Å². The van der Waals surface area contributed by atoms with Crippen LogP contribution >= 0.6 is 0 Å². The van der Waals surface area contributed by atoms with Crippen LogP contribution in [0.1, 0.15) is 51.3 Å². The summed E-state index contributed by atoms with van der Waals surface area (Å²) in [5.74, 6) is -1.83. The monoisotopic (exact) mass is 690 g/mol. The van der Waals surface area contributed by atoms with E-state index in [0.29, 0.717) is 26.4 Å². The normalized spacial score (nSPS) is 34.5. The van der Waals surface area contributed by atoms with Gasteiger partial charge in [0.15, 0.2) is 24.2 Å². The van der Waals surface area contributed by atoms with Crippen molar-refractivity contribution < 1.29 is 47.4 Å². The lowest BCUT2D eigenvalue weighted by Gasteiger charge is -2.46. The van der Waals surface area contributed by atoms with E-state index >= 15 is 0 Å². The summed E-state index contributed by atoms with van der Waals surface area (Å²) >= 11 is 0. The predicted octanol–water partition coefficient (Wildman–Crippen LogP) is 6.15. The smallest absolute Gasteiger partial charge is 0.190 e. The lowest BCUT2D eigenvalue weighted by atomic mass is 9.91. The molecule has 50 heavy (non-hydrogen) atoms. The van der Waals surface area contributed by atoms with Crippen molar-refractivity contribution in [1.82, 2.24) is 0 Å². The van der Waals surface area contributed by atoms with Crippen LogP contribution in [0, 0.1) is 5.92 Å². The molecule has 270 valence electrons. The fraction of sp³-hybridized carbons (Fsp3) is 0.550. The average Bonchev–Trinajstić information content (AvgIpc) is 3.74. The fourth-order valence-electron chi connectivity index (χ4n) is 7.17. The van der Waals surface area contributed by atoms with E-state index in [1.807, 2.05) is 94.4 Å². The van der Waals surface area contributed by atoms with Gasteiger partial charge in [0.1, 0.15) is 36.6 Å². The SMILES string of the molecule is CC1C(OC2C(C3COC(C)(C)O3)OC3OC(C)(C)O[C@H]32)OC(COCc2ccccc2)[C@H](OCc2ccccc2)[C@@H]1OCc1ccccc1. The molecule has 3 aromatic carbocycles. The van der Waals surface area contributed by atoms with E-state index in [2.05, 4.69) is 31.2 Å². The molecule has 4 saturated heterocycles. The summed E-state index contributed by atoms with van der Waals surface area (Å²) in [7, 11) is 0. The molecule has 4 aliphatic rings. The first kappa shape index (κ1) is 35.7. The van der Waals surface area contributed by atoms with Crippen LogP contribution in [0.4, 0.5) is 0 Å². The van der Waals surface area contributed by atoms with Crippen molar-refractivity contribution >= 4 is 0 Å². The Balaban J connectivity index is 1.16. The highest BCUT2D eigenvalue weighted by Gasteiger charge is 2.60. The van der Waals surface area contributed by atoms with Crippen LogP contribution in [0.2, 0.25) is 0 Å². The molecular formula is C40H50O10. The standard InChI is InChI=1S/C40H50O10/c1-26-32(42-22-28-17-11-7-12-18-28)33(43-23-29-19-13-8-14-20-29)30(24-41-21-27-15-9-6-10-16-27)45-37(26)47-35-34(31-25-44-39(2,3)48-31)46-38-36(35)49-40(4,5)50-38/h6-20,26,30-38H,21-25H2,1-5H3/t26?,30?,31?,32-,33+,34?,35?,36+,37?,38?/m1/s1. The summed E-state index contributed by atoms with van der Waals surface area (Å²) in [6.07, 6.45) is -4.66. The molecule has 0 amide bonds. The summed E-state index contributed by atoms with van der Waals surface area (Å²) in [4.78, 5) is 0. The number of hydrogen-bond donors (Lipinski definition) is 0. The third-order valence-corrected chi connectivity index (χ3v) is 9.63. The van der Waals surface area contributed by atoms with Crippen molar-refractivity contribution in [2.45, 2.75) is 121 Å². The first-order valence-corrected chi connectivity index (χ1v) is 17.7. The van der Waals surface area contributed by atoms with Crippen molar-refractivity contribution in [1.29, 1.82) is 0 Å². The summed E-state index contributed by atoms with van der Waals surface area (Å²) in [5.41, 5.74) is 3.20. The third kappa shape index (κ3) is 8.48. The molecule has 10 nitrogen and oxygen atoms in total. The van der Waals surface area contributed by atoms with Gasteiger partial charge in [0.25, 0.3) is 0 Å². The Morgan fingerprint density at radius 3 is 1.78 bits per heavy atom. The summed E-state index contributed by atoms with van der Waals surface area (Å²) in [6, 6.07) is 30.4. The summed E-state index contributed by atoms with van der Waals surface area (Å²) < 4.78 is 64.8. The summed E-state index contributed by atoms with van der Waals surface area (Å²) in [6.45, 7) is 11.5. The van der Waals surface area contributed by atoms with Crippen molar-refractivity contribution in [2.75, 3.05) is 13.2 Å². The first-order valence-electron chi connectivity index (χ1n) is 17.7. The molecule has 0 bridgehead atoms. The summed E-state index contributed by atoms with van der Waals surface area (Å²) in [5, 5.41) is 0. The quantitative estimate of drug-likeness (QED) is 0.208. The molecule has 0 aliphatic carbocycles. The number of ether oxygens (including phenoxy) is 10. The number of fused-ring (bicyclic) bond motifs is 1. The van der Waals surface area contributed by atoms with Gasteiger partial charge < -0.3 is 47.4 Å². The van der Waals surface area contributed by atoms with E-state index in [9.17, 15) is 0 Å². The molecule has 10 heteroatoms. The van der Waals surface area contributed by atoms with Crippen LogP contribution < -0.4 is 0 Å². The minimum absolute atomic E-state index is 0.253. The van der Waals surface area contributed by atoms with Gasteiger partial charge in [-0.05, 0) is 44.4 Å². The molecule has 0 spiro atoms. The van der Waals surface area contributed by atoms with E-state index in [1.54, 1.807) is 0 Å². The Bertz CT molecular complexity index is 1490. The molecule has 10 atom stereocenters. The second-order valence-electron chi connectivity index (χ2n) is 14.5. The molecule has 3 aromatic rings. The molecule has 7 unspecified atom stereocenters. The fourth-order valence-corrected chi connectivity index (χ4v) is 7.17. The number of hydrogen-bond acceptors (Lipinski definition) is 10. The number of rotatable bonds is 13. The number of benzene rings is 3. The minimum Gasteiger partial charge on any atom is -0.374 e. The molecule has 4 aliphatic heterocycles. The van der Waals surface area contributed by atoms with Crippen molar-refractivity contribution in [3.05, 3.63) is 108 Å². The molecular weight excluding hydrogens is 640 g/mol. The molecule has 0 aromatic heterocycles. The van der Waals surface area contributed by atoms with Gasteiger partial charge in [0, 0.05) is 5.92 Å². The van der Waals surface area contributed by atoms with Gasteiger partial charge in [-0.25, -0.2) is 0 Å². The van der Waals surface area contributed by atoms with Crippen LogP contribution in [-0.2, 0) is 67.2 Å². The zero-order valence-corrected chi connectivity index (χ0v) is 29.6. The highest BCUT2D eigenvalue weighted by atomic mass is 16.9. The third-order valence-electron chi connectivity index (χ3n) is 9.63. The Morgan fingerprint density at radius 2 is 1.20 bits per heavy atom. The maximum Gasteiger partial charge on any atom is 0.190 e. The molecule has 4 heterocycles. The maximum atomic E-state index is 6.97. The van der Waals surface area contributed by atoms with Gasteiger partial charge in [-0.3, -0.25) is 0 Å². The zero-order chi connectivity index (χ0) is 34.7. The largest absolute Gasteiger partial charge is 0.374 e. The average molecular weight is 691 g/mol. The zero-order valence-electron chi connectivity index (χ0n) is 29.6. The van der Waals surface area contributed by atoms with E-state index in [1.165, 1.54) is 0 Å². The molecule has 0 N–H and O–H groups in total. The Hall–Kier alpha value is -2.74. The second kappa shape index (κ2) is 15.5. The Labute approximate surface area is 295 Å². The minimum atomic E-state index is -0.835. The molecule has 4 fully saturated rings. The highest BCUT2D eigenvalue weighted by molar-refractivity contribution is 5.15. The van der Waals surface area contributed by atoms with Crippen LogP contribution in [0.3, 0.4) is 0 Å². The molecule has 0 radical (unpaired) electrons. The Morgan fingerprint density at radius 1 is 0.620 bits per heavy atom. The van der Waals surface area contributed by atoms with Gasteiger partial charge in [0.05, 0.1) is 39.1 Å². The van der Waals surface area contributed by atoms with E-state index < -0.39 is 60.8 Å². The van der Waals surface area contributed by atoms with Crippen LogP contribution in [0.25, 0.3) is 0 Å². The van der Waals surface area contributed by atoms with Crippen LogP contribution in [-0.4, -0.2) is 80.1 Å². The van der Waals surface area contributed by atoms with Gasteiger partial charge in [0.2, 0.25) is 0 Å². The van der Waals surface area contributed by atoms with Gasteiger partial charge >= 0.3 is 0 Å². The van der Waals surface area contributed by atoms with E-state index in [0.717, 1.165) is 16.7 Å². The first-order chi connectivity index (χ1) is 24.1. The molecule has 0 saturated carbocycles.